The molecule has 8 heteroatoms. The van der Waals surface area contributed by atoms with Gasteiger partial charge in [-0.05, 0) is 45.0 Å². The number of hydrogen-bond donors (Lipinski definition) is 0. The third-order valence-corrected chi connectivity index (χ3v) is 5.57. The van der Waals surface area contributed by atoms with Gasteiger partial charge < -0.3 is 28.7 Å². The molecule has 1 aromatic carbocycles. The van der Waals surface area contributed by atoms with E-state index >= 15 is 0 Å². The normalized spacial score (nSPS) is 20.6. The maximum absolute atomic E-state index is 13.2. The van der Waals surface area contributed by atoms with Crippen LogP contribution in [0.15, 0.2) is 18.2 Å². The molecule has 1 amide bonds. The highest BCUT2D eigenvalue weighted by atomic mass is 16.5. The van der Waals surface area contributed by atoms with Crippen LogP contribution in [-0.4, -0.2) is 87.4 Å². The molecule has 0 N–H and O–H groups in total. The van der Waals surface area contributed by atoms with Gasteiger partial charge in [0.05, 0.1) is 39.4 Å². The molecule has 1 atom stereocenters. The highest BCUT2D eigenvalue weighted by Gasteiger charge is 2.31. The van der Waals surface area contributed by atoms with Gasteiger partial charge in [-0.3, -0.25) is 9.59 Å². The Morgan fingerprint density at radius 1 is 1.17 bits per heavy atom. The summed E-state index contributed by atoms with van der Waals surface area (Å²) in [5.41, 5.74) is 0.498. The van der Waals surface area contributed by atoms with Crippen molar-refractivity contribution in [2.45, 2.75) is 38.3 Å². The number of carbonyl (C=O) groups is 2. The Morgan fingerprint density at radius 3 is 2.63 bits per heavy atom. The van der Waals surface area contributed by atoms with Crippen molar-refractivity contribution in [2.24, 2.45) is 0 Å². The maximum Gasteiger partial charge on any atom is 0.307 e. The molecule has 0 unspecified atom stereocenters. The minimum absolute atomic E-state index is 0.119. The van der Waals surface area contributed by atoms with Gasteiger partial charge in [0.2, 0.25) is 0 Å². The molecule has 0 aliphatic carbocycles. The van der Waals surface area contributed by atoms with Crippen LogP contribution in [0.1, 0.15) is 36.5 Å². The molecule has 0 spiro atoms. The molecule has 0 bridgehead atoms. The van der Waals surface area contributed by atoms with Crippen molar-refractivity contribution in [1.29, 1.82) is 0 Å². The number of rotatable bonds is 7. The number of esters is 1. The van der Waals surface area contributed by atoms with Gasteiger partial charge in [-0.25, -0.2) is 0 Å². The lowest BCUT2D eigenvalue weighted by molar-refractivity contribution is -0.145. The second-order valence-electron chi connectivity index (χ2n) is 7.72. The molecule has 2 heterocycles. The lowest BCUT2D eigenvalue weighted by atomic mass is 10.1. The van der Waals surface area contributed by atoms with Crippen molar-refractivity contribution in [3.8, 4) is 11.5 Å². The fourth-order valence-corrected chi connectivity index (χ4v) is 3.85. The van der Waals surface area contributed by atoms with E-state index < -0.39 is 0 Å². The van der Waals surface area contributed by atoms with Crippen LogP contribution in [0.3, 0.4) is 0 Å². The SMILES string of the molecule is CCOC(=O)C[C@@H]1COCCN1C(=O)c1ccc(OC2CCN(C)CC2)c(OC)c1. The number of ether oxygens (including phenoxy) is 4. The minimum Gasteiger partial charge on any atom is -0.493 e. The number of piperidine rings is 1. The molecule has 2 aliphatic rings. The van der Waals surface area contributed by atoms with Crippen LogP contribution in [0, 0.1) is 0 Å². The third kappa shape index (κ3) is 5.64. The Morgan fingerprint density at radius 2 is 1.93 bits per heavy atom. The molecule has 3 rings (SSSR count). The average molecular weight is 421 g/mol. The summed E-state index contributed by atoms with van der Waals surface area (Å²) < 4.78 is 22.2. The van der Waals surface area contributed by atoms with Gasteiger partial charge in [0.15, 0.2) is 11.5 Å². The van der Waals surface area contributed by atoms with E-state index in [-0.39, 0.29) is 30.4 Å². The standard InChI is InChI=1S/C22H32N2O6/c1-4-29-21(25)14-17-15-28-12-11-24(17)22(26)16-5-6-19(20(13-16)27-3)30-18-7-9-23(2)10-8-18/h5-6,13,17-18H,4,7-12,14-15H2,1-3H3/t17-/m1/s1. The van der Waals surface area contributed by atoms with E-state index in [0.29, 0.717) is 43.4 Å². The highest BCUT2D eigenvalue weighted by Crippen LogP contribution is 2.31. The molecule has 30 heavy (non-hydrogen) atoms. The minimum atomic E-state index is -0.341. The molecule has 2 saturated heterocycles. The number of benzene rings is 1. The predicted molar refractivity (Wildman–Crippen MR) is 111 cm³/mol. The first kappa shape index (κ1) is 22.4. The van der Waals surface area contributed by atoms with E-state index in [4.69, 9.17) is 18.9 Å². The van der Waals surface area contributed by atoms with Gasteiger partial charge >= 0.3 is 5.97 Å². The summed E-state index contributed by atoms with van der Waals surface area (Å²) in [7, 11) is 3.68. The lowest BCUT2D eigenvalue weighted by Crippen LogP contribution is -2.49. The van der Waals surface area contributed by atoms with E-state index in [1.165, 1.54) is 0 Å². The van der Waals surface area contributed by atoms with E-state index in [1.807, 2.05) is 0 Å². The van der Waals surface area contributed by atoms with E-state index in [0.717, 1.165) is 25.9 Å². The van der Waals surface area contributed by atoms with Crippen molar-refractivity contribution in [1.82, 2.24) is 9.80 Å². The van der Waals surface area contributed by atoms with Gasteiger partial charge in [0.25, 0.3) is 5.91 Å². The van der Waals surface area contributed by atoms with Gasteiger partial charge in [-0.1, -0.05) is 0 Å². The Kier molecular flexibility index (Phi) is 7.93. The van der Waals surface area contributed by atoms with Crippen molar-refractivity contribution < 1.29 is 28.5 Å². The second kappa shape index (κ2) is 10.6. The molecule has 166 valence electrons. The first-order valence-electron chi connectivity index (χ1n) is 10.6. The maximum atomic E-state index is 13.2. The monoisotopic (exact) mass is 420 g/mol. The average Bonchev–Trinajstić information content (AvgIpc) is 2.75. The summed E-state index contributed by atoms with van der Waals surface area (Å²) in [6.45, 7) is 5.28. The van der Waals surface area contributed by atoms with Crippen LogP contribution in [0.5, 0.6) is 11.5 Å². The molecule has 2 aliphatic heterocycles. The number of nitrogens with zero attached hydrogens (tertiary/aromatic N) is 2. The number of amides is 1. The topological polar surface area (TPSA) is 77.5 Å². The van der Waals surface area contributed by atoms with Crippen molar-refractivity contribution >= 4 is 11.9 Å². The van der Waals surface area contributed by atoms with Crippen LogP contribution in [-0.2, 0) is 14.3 Å². The molecule has 8 nitrogen and oxygen atoms in total. The van der Waals surface area contributed by atoms with Crippen molar-refractivity contribution in [3.63, 3.8) is 0 Å². The van der Waals surface area contributed by atoms with Crippen molar-refractivity contribution in [2.75, 3.05) is 53.6 Å². The molecule has 0 aromatic heterocycles. The molecule has 2 fully saturated rings. The third-order valence-electron chi connectivity index (χ3n) is 5.57. The van der Waals surface area contributed by atoms with E-state index in [1.54, 1.807) is 37.1 Å². The van der Waals surface area contributed by atoms with Gasteiger partial charge in [-0.15, -0.1) is 0 Å². The zero-order chi connectivity index (χ0) is 21.5. The zero-order valence-corrected chi connectivity index (χ0v) is 18.1. The Balaban J connectivity index is 1.70. The second-order valence-corrected chi connectivity index (χ2v) is 7.72. The van der Waals surface area contributed by atoms with Crippen molar-refractivity contribution in [3.05, 3.63) is 23.8 Å². The zero-order valence-electron chi connectivity index (χ0n) is 18.1. The summed E-state index contributed by atoms with van der Waals surface area (Å²) in [4.78, 5) is 29.1. The Bertz CT molecular complexity index is 732. The van der Waals surface area contributed by atoms with E-state index in [2.05, 4.69) is 11.9 Å². The summed E-state index contributed by atoms with van der Waals surface area (Å²) >= 11 is 0. The number of morpholine rings is 1. The fourth-order valence-electron chi connectivity index (χ4n) is 3.85. The van der Waals surface area contributed by atoms with Crippen LogP contribution < -0.4 is 9.47 Å². The molecule has 0 saturated carbocycles. The highest BCUT2D eigenvalue weighted by molar-refractivity contribution is 5.95. The molecular formula is C22H32N2O6. The fraction of sp³-hybridized carbons (Fsp3) is 0.636. The summed E-state index contributed by atoms with van der Waals surface area (Å²) in [5.74, 6) is 0.700. The molecule has 0 radical (unpaired) electrons. The smallest absolute Gasteiger partial charge is 0.307 e. The number of hydrogen-bond acceptors (Lipinski definition) is 7. The number of carbonyl (C=O) groups excluding carboxylic acids is 2. The number of methoxy groups -OCH3 is 1. The summed E-state index contributed by atoms with van der Waals surface area (Å²) in [5, 5.41) is 0. The Hall–Kier alpha value is -2.32. The van der Waals surface area contributed by atoms with Crippen LogP contribution in [0.25, 0.3) is 0 Å². The predicted octanol–water partition coefficient (Wildman–Crippen LogP) is 1.96. The van der Waals surface area contributed by atoms with Crippen LogP contribution in [0.2, 0.25) is 0 Å². The largest absolute Gasteiger partial charge is 0.493 e. The Labute approximate surface area is 178 Å². The quantitative estimate of drug-likeness (QED) is 0.624. The molecule has 1 aromatic rings. The first-order chi connectivity index (χ1) is 14.5. The summed E-state index contributed by atoms with van der Waals surface area (Å²) in [6.07, 6.45) is 2.19. The molecular weight excluding hydrogens is 388 g/mol. The van der Waals surface area contributed by atoms with Gasteiger partial charge in [0, 0.05) is 25.2 Å². The van der Waals surface area contributed by atoms with Gasteiger partial charge in [-0.2, -0.15) is 0 Å². The summed E-state index contributed by atoms with van der Waals surface area (Å²) in [6, 6.07) is 4.92. The van der Waals surface area contributed by atoms with Gasteiger partial charge in [0.1, 0.15) is 6.10 Å². The first-order valence-corrected chi connectivity index (χ1v) is 10.6. The lowest BCUT2D eigenvalue weighted by Gasteiger charge is -2.35. The van der Waals surface area contributed by atoms with E-state index in [9.17, 15) is 9.59 Å². The van der Waals surface area contributed by atoms with Crippen LogP contribution in [0.4, 0.5) is 0 Å². The number of likely N-dealkylation sites (tertiary alicyclic amines) is 1. The van der Waals surface area contributed by atoms with Crippen LogP contribution >= 0.6 is 0 Å².